The summed E-state index contributed by atoms with van der Waals surface area (Å²) in [6.45, 7) is 3.62. The van der Waals surface area contributed by atoms with Crippen molar-refractivity contribution in [1.82, 2.24) is 10.0 Å². The van der Waals surface area contributed by atoms with Crippen molar-refractivity contribution in [3.8, 4) is 0 Å². The summed E-state index contributed by atoms with van der Waals surface area (Å²) < 4.78 is 65.7. The minimum absolute atomic E-state index is 0.128. The molecule has 0 atom stereocenters. The van der Waals surface area contributed by atoms with Gasteiger partial charge in [-0.25, -0.2) is 13.1 Å². The molecule has 22 heavy (non-hydrogen) atoms. The van der Waals surface area contributed by atoms with Gasteiger partial charge in [-0.1, -0.05) is 19.1 Å². The summed E-state index contributed by atoms with van der Waals surface area (Å²) in [7, 11) is -4.20. The summed E-state index contributed by atoms with van der Waals surface area (Å²) in [6.07, 6.45) is -3.16. The Morgan fingerprint density at radius 2 is 1.82 bits per heavy atom. The second-order valence-electron chi connectivity index (χ2n) is 5.88. The van der Waals surface area contributed by atoms with Gasteiger partial charge in [0.05, 0.1) is 10.5 Å². The molecule has 0 unspecified atom stereocenters. The lowest BCUT2D eigenvalue weighted by Gasteiger charge is -2.34. The number of piperidine rings is 1. The molecule has 1 aliphatic heterocycles. The Labute approximate surface area is 128 Å². The Morgan fingerprint density at radius 1 is 1.23 bits per heavy atom. The third-order valence-corrected chi connectivity index (χ3v) is 5.44. The van der Waals surface area contributed by atoms with Gasteiger partial charge >= 0.3 is 6.18 Å². The average molecular weight is 336 g/mol. The molecular weight excluding hydrogens is 317 g/mol. The fourth-order valence-electron chi connectivity index (χ4n) is 2.49. The van der Waals surface area contributed by atoms with E-state index in [1.807, 2.05) is 6.92 Å². The number of hydrogen-bond acceptors (Lipinski definition) is 3. The molecule has 2 rings (SSSR count). The van der Waals surface area contributed by atoms with Crippen molar-refractivity contribution in [3.05, 3.63) is 29.8 Å². The fraction of sp³-hybridized carbons (Fsp3) is 0.571. The Kier molecular flexibility index (Phi) is 4.84. The van der Waals surface area contributed by atoms with Crippen LogP contribution in [-0.4, -0.2) is 28.1 Å². The number of sulfonamides is 1. The lowest BCUT2D eigenvalue weighted by atomic mass is 9.81. The highest BCUT2D eigenvalue weighted by molar-refractivity contribution is 7.89. The first-order valence-electron chi connectivity index (χ1n) is 7.01. The van der Waals surface area contributed by atoms with Crippen LogP contribution in [0.5, 0.6) is 0 Å². The first-order chi connectivity index (χ1) is 10.1. The topological polar surface area (TPSA) is 58.2 Å². The van der Waals surface area contributed by atoms with Gasteiger partial charge in [0.1, 0.15) is 0 Å². The van der Waals surface area contributed by atoms with Crippen molar-refractivity contribution in [3.63, 3.8) is 0 Å². The van der Waals surface area contributed by atoms with Crippen LogP contribution in [0.2, 0.25) is 0 Å². The van der Waals surface area contributed by atoms with Crippen molar-refractivity contribution < 1.29 is 21.6 Å². The Bertz CT molecular complexity index is 623. The fourth-order valence-corrected chi connectivity index (χ4v) is 3.91. The van der Waals surface area contributed by atoms with E-state index >= 15 is 0 Å². The molecule has 0 radical (unpaired) electrons. The van der Waals surface area contributed by atoms with Crippen molar-refractivity contribution in [2.75, 3.05) is 19.6 Å². The zero-order valence-electron chi connectivity index (χ0n) is 12.2. The van der Waals surface area contributed by atoms with Gasteiger partial charge in [0.15, 0.2) is 0 Å². The van der Waals surface area contributed by atoms with Crippen molar-refractivity contribution in [1.29, 1.82) is 0 Å². The van der Waals surface area contributed by atoms with Gasteiger partial charge in [-0.15, -0.1) is 0 Å². The third kappa shape index (κ3) is 3.99. The van der Waals surface area contributed by atoms with Crippen molar-refractivity contribution in [2.24, 2.45) is 5.41 Å². The second-order valence-corrected chi connectivity index (χ2v) is 7.61. The molecule has 1 fully saturated rings. The summed E-state index contributed by atoms with van der Waals surface area (Å²) >= 11 is 0. The summed E-state index contributed by atoms with van der Waals surface area (Å²) in [5, 5.41) is 3.17. The van der Waals surface area contributed by atoms with Crippen LogP contribution in [0.3, 0.4) is 0 Å². The molecule has 1 heterocycles. The minimum Gasteiger partial charge on any atom is -0.317 e. The predicted octanol–water partition coefficient (Wildman–Crippen LogP) is 2.37. The van der Waals surface area contributed by atoms with Gasteiger partial charge in [-0.2, -0.15) is 13.2 Å². The molecule has 0 aromatic heterocycles. The number of rotatable bonds is 4. The van der Waals surface area contributed by atoms with E-state index in [9.17, 15) is 21.6 Å². The molecule has 0 bridgehead atoms. The van der Waals surface area contributed by atoms with Crippen molar-refractivity contribution >= 4 is 10.0 Å². The molecule has 2 N–H and O–H groups in total. The molecule has 8 heteroatoms. The molecular formula is C14H19F3N2O2S. The largest absolute Gasteiger partial charge is 0.417 e. The second kappa shape index (κ2) is 6.17. The summed E-state index contributed by atoms with van der Waals surface area (Å²) in [5.74, 6) is 0. The first-order valence-corrected chi connectivity index (χ1v) is 8.49. The van der Waals surface area contributed by atoms with E-state index in [-0.39, 0.29) is 12.0 Å². The van der Waals surface area contributed by atoms with Crippen LogP contribution in [0.4, 0.5) is 13.2 Å². The highest BCUT2D eigenvalue weighted by Crippen LogP contribution is 2.34. The van der Waals surface area contributed by atoms with E-state index in [0.29, 0.717) is 0 Å². The molecule has 4 nitrogen and oxygen atoms in total. The monoisotopic (exact) mass is 336 g/mol. The van der Waals surface area contributed by atoms with Gasteiger partial charge in [-0.3, -0.25) is 0 Å². The number of alkyl halides is 3. The zero-order valence-corrected chi connectivity index (χ0v) is 13.0. The van der Waals surface area contributed by atoms with Gasteiger partial charge in [0, 0.05) is 6.54 Å². The Balaban J connectivity index is 2.21. The highest BCUT2D eigenvalue weighted by atomic mass is 32.2. The normalized spacial score (nSPS) is 19.1. The van der Waals surface area contributed by atoms with E-state index in [2.05, 4.69) is 10.0 Å². The molecule has 1 aromatic carbocycles. The van der Waals surface area contributed by atoms with Crippen LogP contribution in [0.1, 0.15) is 25.3 Å². The molecule has 0 amide bonds. The summed E-state index contributed by atoms with van der Waals surface area (Å²) in [4.78, 5) is -0.722. The van der Waals surface area contributed by atoms with E-state index in [1.54, 1.807) is 0 Å². The van der Waals surface area contributed by atoms with E-state index in [0.717, 1.165) is 38.1 Å². The average Bonchev–Trinajstić information content (AvgIpc) is 2.45. The highest BCUT2D eigenvalue weighted by Gasteiger charge is 2.37. The SMILES string of the molecule is CC1(CNS(=O)(=O)c2ccccc2C(F)(F)F)CCNCC1. The standard InChI is InChI=1S/C14H19F3N2O2S/c1-13(6-8-18-9-7-13)10-19-22(20,21)12-5-3-2-4-11(12)14(15,16)17/h2-5,18-19H,6-10H2,1H3. The van der Waals surface area contributed by atoms with Gasteiger partial charge in [0.2, 0.25) is 10.0 Å². The van der Waals surface area contributed by atoms with Crippen LogP contribution >= 0.6 is 0 Å². The molecule has 1 aromatic rings. The third-order valence-electron chi connectivity index (χ3n) is 3.98. The van der Waals surface area contributed by atoms with Gasteiger partial charge in [0.25, 0.3) is 0 Å². The molecule has 0 aliphatic carbocycles. The van der Waals surface area contributed by atoms with Crippen molar-refractivity contribution in [2.45, 2.75) is 30.8 Å². The predicted molar refractivity (Wildman–Crippen MR) is 76.8 cm³/mol. The molecule has 124 valence electrons. The number of nitrogens with one attached hydrogen (secondary N) is 2. The number of benzene rings is 1. The van der Waals surface area contributed by atoms with Crippen LogP contribution in [0.15, 0.2) is 29.2 Å². The minimum atomic E-state index is -4.70. The van der Waals surface area contributed by atoms with Gasteiger partial charge in [-0.05, 0) is 43.5 Å². The van der Waals surface area contributed by atoms with Crippen LogP contribution in [-0.2, 0) is 16.2 Å². The maximum Gasteiger partial charge on any atom is 0.417 e. The molecule has 0 saturated carbocycles. The van der Waals surface area contributed by atoms with Gasteiger partial charge < -0.3 is 5.32 Å². The smallest absolute Gasteiger partial charge is 0.317 e. The first kappa shape index (κ1) is 17.2. The maximum atomic E-state index is 12.9. The van der Waals surface area contributed by atoms with E-state index in [4.69, 9.17) is 0 Å². The zero-order chi connectivity index (χ0) is 16.4. The quantitative estimate of drug-likeness (QED) is 0.887. The summed E-state index contributed by atoms with van der Waals surface area (Å²) in [5.41, 5.74) is -1.39. The lowest BCUT2D eigenvalue weighted by Crippen LogP contribution is -2.43. The van der Waals surface area contributed by atoms with E-state index in [1.165, 1.54) is 12.1 Å². The lowest BCUT2D eigenvalue weighted by molar-refractivity contribution is -0.139. The van der Waals surface area contributed by atoms with E-state index < -0.39 is 26.7 Å². The number of hydrogen-bond donors (Lipinski definition) is 2. The summed E-state index contributed by atoms with van der Waals surface area (Å²) in [6, 6.07) is 4.22. The van der Waals surface area contributed by atoms with Crippen LogP contribution in [0.25, 0.3) is 0 Å². The Hall–Kier alpha value is -1.12. The molecule has 1 aliphatic rings. The van der Waals surface area contributed by atoms with Crippen LogP contribution < -0.4 is 10.0 Å². The Morgan fingerprint density at radius 3 is 2.41 bits per heavy atom. The van der Waals surface area contributed by atoms with Crippen LogP contribution in [0, 0.1) is 5.41 Å². The maximum absolute atomic E-state index is 12.9. The molecule has 0 spiro atoms. The number of halogens is 3. The molecule has 1 saturated heterocycles.